The van der Waals surface area contributed by atoms with Crippen LogP contribution in [0.5, 0.6) is 0 Å². The van der Waals surface area contributed by atoms with Crippen LogP contribution in [-0.2, 0) is 19.1 Å². The van der Waals surface area contributed by atoms with Crippen molar-refractivity contribution in [3.05, 3.63) is 0 Å². The van der Waals surface area contributed by atoms with Gasteiger partial charge in [-0.05, 0) is 25.7 Å². The summed E-state index contributed by atoms with van der Waals surface area (Å²) in [7, 11) is 0. The summed E-state index contributed by atoms with van der Waals surface area (Å²) in [6, 6.07) is 0. The second kappa shape index (κ2) is 12.3. The molecule has 0 atom stereocenters. The van der Waals surface area contributed by atoms with Crippen LogP contribution in [0.3, 0.4) is 0 Å². The molecule has 0 aliphatic rings. The number of rotatable bonds is 12. The van der Waals surface area contributed by atoms with Gasteiger partial charge in [0.25, 0.3) is 0 Å². The maximum atomic E-state index is 11.2. The van der Waals surface area contributed by atoms with E-state index in [-0.39, 0.29) is 32.0 Å². The van der Waals surface area contributed by atoms with Crippen LogP contribution in [-0.4, -0.2) is 48.6 Å². The predicted molar refractivity (Wildman–Crippen MR) is 64.2 cm³/mol. The standard InChI is InChI=1S/C12H22O6/c13-7-3-4-8-17-9-10-18-12(16)6-2-1-5-11(14)15/h13H,1-10H2,(H,14,15). The van der Waals surface area contributed by atoms with E-state index in [1.54, 1.807) is 0 Å². The molecule has 0 bridgehead atoms. The molecule has 0 aromatic rings. The quantitative estimate of drug-likeness (QED) is 0.402. The lowest BCUT2D eigenvalue weighted by Gasteiger charge is -2.05. The van der Waals surface area contributed by atoms with E-state index in [0.717, 1.165) is 6.42 Å². The first-order valence-electron chi connectivity index (χ1n) is 6.23. The Morgan fingerprint density at radius 2 is 1.61 bits per heavy atom. The molecule has 0 aromatic heterocycles. The molecule has 6 nitrogen and oxygen atoms in total. The Morgan fingerprint density at radius 3 is 2.28 bits per heavy atom. The van der Waals surface area contributed by atoms with Gasteiger partial charge in [-0.2, -0.15) is 0 Å². The number of carboxylic acid groups (broad SMARTS) is 1. The highest BCUT2D eigenvalue weighted by Crippen LogP contribution is 2.01. The number of carbonyl (C=O) groups excluding carboxylic acids is 1. The molecule has 0 aliphatic carbocycles. The number of ether oxygens (including phenoxy) is 2. The van der Waals surface area contributed by atoms with E-state index in [1.807, 2.05) is 0 Å². The van der Waals surface area contributed by atoms with Crippen LogP contribution in [0.1, 0.15) is 38.5 Å². The Bertz CT molecular complexity index is 229. The molecule has 6 heteroatoms. The van der Waals surface area contributed by atoms with Crippen molar-refractivity contribution in [2.45, 2.75) is 38.5 Å². The van der Waals surface area contributed by atoms with Gasteiger partial charge in [0.1, 0.15) is 6.61 Å². The molecule has 0 amide bonds. The molecular formula is C12H22O6. The van der Waals surface area contributed by atoms with Crippen molar-refractivity contribution in [3.63, 3.8) is 0 Å². The number of aliphatic hydroxyl groups is 1. The van der Waals surface area contributed by atoms with Crippen molar-refractivity contribution in [3.8, 4) is 0 Å². The van der Waals surface area contributed by atoms with E-state index in [4.69, 9.17) is 19.7 Å². The van der Waals surface area contributed by atoms with Gasteiger partial charge in [-0.3, -0.25) is 9.59 Å². The van der Waals surface area contributed by atoms with E-state index >= 15 is 0 Å². The summed E-state index contributed by atoms with van der Waals surface area (Å²) < 4.78 is 10.1. The number of aliphatic carboxylic acids is 1. The molecule has 18 heavy (non-hydrogen) atoms. The van der Waals surface area contributed by atoms with Gasteiger partial charge in [0.15, 0.2) is 0 Å². The summed E-state index contributed by atoms with van der Waals surface area (Å²) in [6.07, 6.45) is 2.85. The summed E-state index contributed by atoms with van der Waals surface area (Å²) in [5, 5.41) is 16.9. The minimum Gasteiger partial charge on any atom is -0.481 e. The van der Waals surface area contributed by atoms with E-state index in [0.29, 0.717) is 32.5 Å². The van der Waals surface area contributed by atoms with Gasteiger partial charge in [-0.1, -0.05) is 0 Å². The molecule has 0 heterocycles. The van der Waals surface area contributed by atoms with Crippen LogP contribution in [0.4, 0.5) is 0 Å². The number of hydrogen-bond donors (Lipinski definition) is 2. The second-order valence-electron chi connectivity index (χ2n) is 3.86. The first-order valence-corrected chi connectivity index (χ1v) is 6.23. The average Bonchev–Trinajstić information content (AvgIpc) is 2.33. The molecule has 0 rings (SSSR count). The fourth-order valence-corrected chi connectivity index (χ4v) is 1.25. The third-order valence-corrected chi connectivity index (χ3v) is 2.21. The van der Waals surface area contributed by atoms with Gasteiger partial charge in [-0.15, -0.1) is 0 Å². The molecule has 0 saturated heterocycles. The van der Waals surface area contributed by atoms with Crippen molar-refractivity contribution in [2.75, 3.05) is 26.4 Å². The highest BCUT2D eigenvalue weighted by atomic mass is 16.6. The fraction of sp³-hybridized carbons (Fsp3) is 0.833. The lowest BCUT2D eigenvalue weighted by Crippen LogP contribution is -2.11. The van der Waals surface area contributed by atoms with Crippen LogP contribution < -0.4 is 0 Å². The highest BCUT2D eigenvalue weighted by molar-refractivity contribution is 5.69. The van der Waals surface area contributed by atoms with Crippen molar-refractivity contribution in [1.29, 1.82) is 0 Å². The van der Waals surface area contributed by atoms with E-state index in [1.165, 1.54) is 0 Å². The van der Waals surface area contributed by atoms with Crippen LogP contribution in [0, 0.1) is 0 Å². The highest BCUT2D eigenvalue weighted by Gasteiger charge is 2.03. The maximum absolute atomic E-state index is 11.2. The fourth-order valence-electron chi connectivity index (χ4n) is 1.25. The van der Waals surface area contributed by atoms with Crippen molar-refractivity contribution >= 4 is 11.9 Å². The Hall–Kier alpha value is -1.14. The Morgan fingerprint density at radius 1 is 0.889 bits per heavy atom. The van der Waals surface area contributed by atoms with Gasteiger partial charge in [0, 0.05) is 26.1 Å². The predicted octanol–water partition coefficient (Wildman–Crippen LogP) is 0.964. The van der Waals surface area contributed by atoms with Gasteiger partial charge < -0.3 is 19.7 Å². The van der Waals surface area contributed by atoms with E-state index in [9.17, 15) is 9.59 Å². The summed E-state index contributed by atoms with van der Waals surface area (Å²) in [6.45, 7) is 1.29. The van der Waals surface area contributed by atoms with Crippen molar-refractivity contribution in [1.82, 2.24) is 0 Å². The average molecular weight is 262 g/mol. The largest absolute Gasteiger partial charge is 0.481 e. The molecule has 0 aliphatic heterocycles. The second-order valence-corrected chi connectivity index (χ2v) is 3.86. The smallest absolute Gasteiger partial charge is 0.305 e. The zero-order valence-electron chi connectivity index (χ0n) is 10.6. The summed E-state index contributed by atoms with van der Waals surface area (Å²) in [4.78, 5) is 21.4. The maximum Gasteiger partial charge on any atom is 0.305 e. The Labute approximate surface area is 107 Å². The lowest BCUT2D eigenvalue weighted by atomic mass is 10.2. The first-order chi connectivity index (χ1) is 8.66. The van der Waals surface area contributed by atoms with Crippen LogP contribution >= 0.6 is 0 Å². The topological polar surface area (TPSA) is 93.1 Å². The SMILES string of the molecule is O=C(O)CCCCC(=O)OCCOCCCCO. The van der Waals surface area contributed by atoms with Crippen LogP contribution in [0.15, 0.2) is 0 Å². The minimum absolute atomic E-state index is 0.0846. The number of unbranched alkanes of at least 4 members (excludes halogenated alkanes) is 2. The third kappa shape index (κ3) is 12.9. The first kappa shape index (κ1) is 16.9. The number of carbonyl (C=O) groups is 2. The van der Waals surface area contributed by atoms with Gasteiger partial charge >= 0.3 is 11.9 Å². The number of hydrogen-bond acceptors (Lipinski definition) is 5. The summed E-state index contributed by atoms with van der Waals surface area (Å²) >= 11 is 0. The molecule has 106 valence electrons. The molecule has 0 radical (unpaired) electrons. The van der Waals surface area contributed by atoms with Crippen LogP contribution in [0.2, 0.25) is 0 Å². The number of aliphatic hydroxyl groups excluding tert-OH is 1. The Kier molecular flexibility index (Phi) is 11.5. The van der Waals surface area contributed by atoms with Gasteiger partial charge in [-0.25, -0.2) is 0 Å². The van der Waals surface area contributed by atoms with E-state index < -0.39 is 5.97 Å². The summed E-state index contributed by atoms with van der Waals surface area (Å²) in [5.74, 6) is -1.17. The van der Waals surface area contributed by atoms with Gasteiger partial charge in [0.2, 0.25) is 0 Å². The molecule has 0 fully saturated rings. The summed E-state index contributed by atoms with van der Waals surface area (Å²) in [5.41, 5.74) is 0. The van der Waals surface area contributed by atoms with Crippen LogP contribution in [0.25, 0.3) is 0 Å². The molecule has 0 spiro atoms. The monoisotopic (exact) mass is 262 g/mol. The molecule has 2 N–H and O–H groups in total. The van der Waals surface area contributed by atoms with Gasteiger partial charge in [0.05, 0.1) is 6.61 Å². The molecule has 0 saturated carbocycles. The molecule has 0 unspecified atom stereocenters. The van der Waals surface area contributed by atoms with Crippen molar-refractivity contribution < 1.29 is 29.3 Å². The lowest BCUT2D eigenvalue weighted by molar-refractivity contribution is -0.145. The molecular weight excluding hydrogens is 240 g/mol. The number of carboxylic acids is 1. The zero-order chi connectivity index (χ0) is 13.6. The third-order valence-electron chi connectivity index (χ3n) is 2.21. The normalized spacial score (nSPS) is 10.3. The Balaban J connectivity index is 3.19. The van der Waals surface area contributed by atoms with E-state index in [2.05, 4.69) is 0 Å². The zero-order valence-corrected chi connectivity index (χ0v) is 10.6. The van der Waals surface area contributed by atoms with Crippen molar-refractivity contribution in [2.24, 2.45) is 0 Å². The minimum atomic E-state index is -0.848. The molecule has 0 aromatic carbocycles. The number of esters is 1.